The Balaban J connectivity index is 1.37. The molecule has 5 rings (SSSR count). The molecule has 0 N–H and O–H groups in total. The van der Waals surface area contributed by atoms with Gasteiger partial charge in [0.05, 0.1) is 42.0 Å². The Bertz CT molecular complexity index is 1460. The normalized spacial score (nSPS) is 21.7. The predicted octanol–water partition coefficient (Wildman–Crippen LogP) is 6.87. The molecule has 0 saturated heterocycles. The van der Waals surface area contributed by atoms with Crippen molar-refractivity contribution in [2.75, 3.05) is 53.4 Å². The fourth-order valence-electron chi connectivity index (χ4n) is 8.02. The molecule has 0 aliphatic heterocycles. The quantitative estimate of drug-likeness (QED) is 0.0580. The summed E-state index contributed by atoms with van der Waals surface area (Å²) in [6.45, 7) is 9.18. The summed E-state index contributed by atoms with van der Waals surface area (Å²) in [7, 11) is -0.436. The lowest BCUT2D eigenvalue weighted by Gasteiger charge is -2.43. The maximum Gasteiger partial charge on any atom is 0.261 e. The van der Waals surface area contributed by atoms with Crippen LogP contribution in [0.5, 0.6) is 0 Å². The van der Waals surface area contributed by atoms with Gasteiger partial charge in [0.1, 0.15) is 13.6 Å². The molecule has 7 nitrogen and oxygen atoms in total. The fourth-order valence-corrected chi connectivity index (χ4v) is 13.6. The van der Waals surface area contributed by atoms with Crippen LogP contribution in [0.1, 0.15) is 52.9 Å². The van der Waals surface area contributed by atoms with Crippen molar-refractivity contribution in [3.8, 4) is 0 Å². The van der Waals surface area contributed by atoms with Crippen molar-refractivity contribution in [2.45, 2.75) is 75.0 Å². The van der Waals surface area contributed by atoms with Crippen LogP contribution in [0.2, 0.25) is 5.04 Å². The van der Waals surface area contributed by atoms with Crippen LogP contribution in [0.15, 0.2) is 107 Å². The van der Waals surface area contributed by atoms with E-state index in [1.165, 1.54) is 21.5 Å². The molecule has 272 valence electrons. The summed E-state index contributed by atoms with van der Waals surface area (Å²) in [5.74, 6) is 1.14. The number of rotatable bonds is 19. The van der Waals surface area contributed by atoms with Crippen molar-refractivity contribution in [3.63, 3.8) is 0 Å². The van der Waals surface area contributed by atoms with Crippen molar-refractivity contribution < 1.29 is 32.3 Å². The number of benzene rings is 3. The number of hydrogen-bond donors (Lipinski definition) is 0. The smallest absolute Gasteiger partial charge is 0.261 e. The molecule has 1 fully saturated rings. The van der Waals surface area contributed by atoms with Gasteiger partial charge in [0.25, 0.3) is 8.32 Å². The second-order valence-corrected chi connectivity index (χ2v) is 20.3. The summed E-state index contributed by atoms with van der Waals surface area (Å²) in [5, 5.41) is 2.49. The Hall–Kier alpha value is -2.47. The summed E-state index contributed by atoms with van der Waals surface area (Å²) in [6.07, 6.45) is 4.38. The summed E-state index contributed by atoms with van der Waals surface area (Å²) in [5.41, 5.74) is 2.69. The van der Waals surface area contributed by atoms with Crippen LogP contribution in [0.3, 0.4) is 0 Å². The van der Waals surface area contributed by atoms with Gasteiger partial charge in [0.15, 0.2) is 0 Å². The maximum absolute atomic E-state index is 13.1. The first-order valence-electron chi connectivity index (χ1n) is 18.0. The Kier molecular flexibility index (Phi) is 14.6. The van der Waals surface area contributed by atoms with Crippen LogP contribution in [-0.4, -0.2) is 78.1 Å². The standard InChI is InChI=1S/C41H56O7SSi/c1-41(2,3)50(35-18-11-7-12-19-35,36-20-13-8-14-21-36)48-23-15-22-37-38(46-24-25-49(42)34-16-9-6-10-17-34)28-33-26-32(29-45-30-43-4)27-39(40(33)37)47-31-44-5/h6-14,16-21,32-33,38-39H,15,22-31H2,1-5H3/t32-,33+,38+,39-,49?/m1/s1. The summed E-state index contributed by atoms with van der Waals surface area (Å²) >= 11 is 0. The van der Waals surface area contributed by atoms with Crippen LogP contribution < -0.4 is 10.4 Å². The fraction of sp³-hybridized carbons (Fsp3) is 0.512. The van der Waals surface area contributed by atoms with E-state index in [0.29, 0.717) is 37.4 Å². The van der Waals surface area contributed by atoms with Crippen molar-refractivity contribution in [3.05, 3.63) is 102 Å². The van der Waals surface area contributed by atoms with Gasteiger partial charge in [-0.3, -0.25) is 4.21 Å². The number of ether oxygens (including phenoxy) is 5. The van der Waals surface area contributed by atoms with Crippen molar-refractivity contribution in [1.82, 2.24) is 0 Å². The number of fused-ring (bicyclic) bond motifs is 1. The highest BCUT2D eigenvalue weighted by atomic mass is 32.2. The molecule has 3 aromatic carbocycles. The van der Waals surface area contributed by atoms with Crippen LogP contribution in [-0.2, 0) is 38.9 Å². The van der Waals surface area contributed by atoms with Gasteiger partial charge in [0, 0.05) is 25.7 Å². The van der Waals surface area contributed by atoms with Gasteiger partial charge in [-0.1, -0.05) is 99.6 Å². The molecule has 0 aromatic heterocycles. The summed E-state index contributed by atoms with van der Waals surface area (Å²) in [6, 6.07) is 31.3. The summed E-state index contributed by atoms with van der Waals surface area (Å²) < 4.78 is 49.8. The number of hydrogen-bond acceptors (Lipinski definition) is 7. The molecule has 9 heteroatoms. The minimum Gasteiger partial charge on any atom is -0.407 e. The van der Waals surface area contributed by atoms with E-state index in [1.54, 1.807) is 14.2 Å². The van der Waals surface area contributed by atoms with Gasteiger partial charge in [-0.05, 0) is 82.6 Å². The van der Waals surface area contributed by atoms with Crippen LogP contribution >= 0.6 is 0 Å². The average molecular weight is 721 g/mol. The van der Waals surface area contributed by atoms with Crippen LogP contribution in [0, 0.1) is 11.8 Å². The highest BCUT2D eigenvalue weighted by Gasteiger charge is 2.50. The van der Waals surface area contributed by atoms with E-state index in [1.807, 2.05) is 30.3 Å². The molecule has 0 heterocycles. The van der Waals surface area contributed by atoms with Gasteiger partial charge in [-0.25, -0.2) is 0 Å². The molecule has 0 radical (unpaired) electrons. The lowest BCUT2D eigenvalue weighted by atomic mass is 9.76. The monoisotopic (exact) mass is 720 g/mol. The first-order valence-corrected chi connectivity index (χ1v) is 21.2. The van der Waals surface area contributed by atoms with Gasteiger partial charge in [0.2, 0.25) is 0 Å². The molecule has 0 amide bonds. The molecule has 2 aliphatic rings. The average Bonchev–Trinajstić information content (AvgIpc) is 3.48. The molecular weight excluding hydrogens is 665 g/mol. The first-order chi connectivity index (χ1) is 24.3. The lowest BCUT2D eigenvalue weighted by molar-refractivity contribution is -0.0893. The zero-order valence-corrected chi connectivity index (χ0v) is 32.3. The molecule has 0 spiro atoms. The van der Waals surface area contributed by atoms with Crippen LogP contribution in [0.25, 0.3) is 0 Å². The van der Waals surface area contributed by atoms with Crippen molar-refractivity contribution in [1.29, 1.82) is 0 Å². The van der Waals surface area contributed by atoms with Crippen LogP contribution in [0.4, 0.5) is 0 Å². The Morgan fingerprint density at radius 2 is 1.36 bits per heavy atom. The number of methoxy groups -OCH3 is 2. The summed E-state index contributed by atoms with van der Waals surface area (Å²) in [4.78, 5) is 0.835. The highest BCUT2D eigenvalue weighted by molar-refractivity contribution is 7.85. The Morgan fingerprint density at radius 1 is 0.740 bits per heavy atom. The lowest BCUT2D eigenvalue weighted by Crippen LogP contribution is -2.66. The zero-order chi connectivity index (χ0) is 35.4. The topological polar surface area (TPSA) is 72.5 Å². The maximum atomic E-state index is 13.1. The zero-order valence-electron chi connectivity index (χ0n) is 30.5. The molecule has 5 atom stereocenters. The molecule has 2 aliphatic carbocycles. The molecule has 0 bridgehead atoms. The first kappa shape index (κ1) is 38.8. The van der Waals surface area contributed by atoms with E-state index in [-0.39, 0.29) is 30.8 Å². The minimum atomic E-state index is -2.65. The second kappa shape index (κ2) is 18.8. The van der Waals surface area contributed by atoms with E-state index < -0.39 is 19.1 Å². The van der Waals surface area contributed by atoms with Crippen molar-refractivity contribution >= 4 is 29.5 Å². The van der Waals surface area contributed by atoms with Crippen molar-refractivity contribution in [2.24, 2.45) is 11.8 Å². The molecule has 3 aromatic rings. The minimum absolute atomic E-state index is 0.0528. The van der Waals surface area contributed by atoms with E-state index in [2.05, 4.69) is 81.4 Å². The van der Waals surface area contributed by atoms with Gasteiger partial charge < -0.3 is 28.1 Å². The van der Waals surface area contributed by atoms with Gasteiger partial charge in [-0.2, -0.15) is 0 Å². The third-order valence-electron chi connectivity index (χ3n) is 10.1. The van der Waals surface area contributed by atoms with Gasteiger partial charge >= 0.3 is 0 Å². The molecular formula is C41H56O7SSi. The molecule has 50 heavy (non-hydrogen) atoms. The highest BCUT2D eigenvalue weighted by Crippen LogP contribution is 2.48. The van der Waals surface area contributed by atoms with Gasteiger partial charge in [-0.15, -0.1) is 0 Å². The predicted molar refractivity (Wildman–Crippen MR) is 203 cm³/mol. The Morgan fingerprint density at radius 3 is 1.96 bits per heavy atom. The van der Waals surface area contributed by atoms with E-state index >= 15 is 0 Å². The molecule has 1 saturated carbocycles. The second-order valence-electron chi connectivity index (χ2n) is 14.4. The molecule has 1 unspecified atom stereocenters. The largest absolute Gasteiger partial charge is 0.407 e. The van der Waals surface area contributed by atoms with E-state index in [0.717, 1.165) is 37.0 Å². The van der Waals surface area contributed by atoms with E-state index in [9.17, 15) is 4.21 Å². The Labute approximate surface area is 303 Å². The third kappa shape index (κ3) is 9.49. The third-order valence-corrected chi connectivity index (χ3v) is 16.4. The SMILES string of the molecule is COCOC[C@@H]1C[C@H]2C[C@H](OCCS(=O)c3ccccc3)C(CCCO[Si](c3ccccc3)(c3ccccc3)C(C)(C)C)=C2[C@H](OCOC)C1. The van der Waals surface area contributed by atoms with E-state index in [4.69, 9.17) is 28.1 Å².